The molecule has 0 aromatic carbocycles. The number of aliphatic hydroxyl groups excluding tert-OH is 1. The first kappa shape index (κ1) is 19.7. The van der Waals surface area contributed by atoms with E-state index in [1.54, 1.807) is 29.3 Å². The van der Waals surface area contributed by atoms with Gasteiger partial charge in [0, 0.05) is 38.2 Å². The van der Waals surface area contributed by atoms with Crippen molar-refractivity contribution in [2.24, 2.45) is 5.92 Å². The molecule has 1 saturated heterocycles. The van der Waals surface area contributed by atoms with E-state index in [-0.39, 0.29) is 36.9 Å². The van der Waals surface area contributed by atoms with Crippen molar-refractivity contribution in [3.63, 3.8) is 0 Å². The van der Waals surface area contributed by atoms with Gasteiger partial charge in [0.05, 0.1) is 30.0 Å². The molecular formula is C19H23N5O4. The van der Waals surface area contributed by atoms with Gasteiger partial charge in [-0.05, 0) is 24.6 Å². The van der Waals surface area contributed by atoms with E-state index in [0.29, 0.717) is 25.1 Å². The van der Waals surface area contributed by atoms with Crippen molar-refractivity contribution in [2.75, 3.05) is 13.1 Å². The fourth-order valence-corrected chi connectivity index (χ4v) is 3.14. The highest BCUT2D eigenvalue weighted by atomic mass is 16.3. The molecule has 2 aromatic rings. The number of nitrogens with zero attached hydrogens (tertiary/aromatic N) is 3. The summed E-state index contributed by atoms with van der Waals surface area (Å²) in [6.07, 6.45) is 1.83. The summed E-state index contributed by atoms with van der Waals surface area (Å²) < 4.78 is 0. The molecule has 3 N–H and O–H groups in total. The van der Waals surface area contributed by atoms with Crippen LogP contribution in [-0.2, 0) is 22.6 Å². The molecule has 1 fully saturated rings. The molecule has 1 aliphatic heterocycles. The van der Waals surface area contributed by atoms with Crippen molar-refractivity contribution in [1.29, 1.82) is 0 Å². The molecule has 2 aromatic heterocycles. The number of piperidine rings is 1. The number of rotatable bonds is 6. The van der Waals surface area contributed by atoms with Gasteiger partial charge in [-0.2, -0.15) is 5.10 Å². The number of aromatic nitrogens is 3. The van der Waals surface area contributed by atoms with Gasteiger partial charge in [-0.1, -0.05) is 6.07 Å². The summed E-state index contributed by atoms with van der Waals surface area (Å²) in [4.78, 5) is 41.7. The van der Waals surface area contributed by atoms with E-state index in [2.05, 4.69) is 20.5 Å². The maximum atomic E-state index is 12.5. The first-order valence-corrected chi connectivity index (χ1v) is 9.21. The number of hydrogen-bond donors (Lipinski definition) is 3. The van der Waals surface area contributed by atoms with E-state index in [1.165, 1.54) is 6.07 Å². The van der Waals surface area contributed by atoms with Gasteiger partial charge in [0.2, 0.25) is 11.8 Å². The number of likely N-dealkylation sites (tertiary alicyclic amines) is 1. The first-order chi connectivity index (χ1) is 13.5. The Labute approximate surface area is 161 Å². The SMILES string of the molecule is O=C(NCc1ccccn1)[C@H]1CN(C(=O)CCc2ccc(=O)[nH]n2)CC[C@H]1O. The number of carbonyl (C=O) groups is 2. The summed E-state index contributed by atoms with van der Waals surface area (Å²) in [5.74, 6) is -1.08. The van der Waals surface area contributed by atoms with Crippen molar-refractivity contribution in [3.8, 4) is 0 Å². The molecule has 9 heteroatoms. The molecule has 0 unspecified atom stereocenters. The molecule has 2 amide bonds. The monoisotopic (exact) mass is 385 g/mol. The third kappa shape index (κ3) is 5.23. The molecule has 0 aliphatic carbocycles. The van der Waals surface area contributed by atoms with Gasteiger partial charge in [0.1, 0.15) is 0 Å². The van der Waals surface area contributed by atoms with Crippen LogP contribution in [0.5, 0.6) is 0 Å². The molecule has 3 heterocycles. The Bertz CT molecular complexity index is 850. The van der Waals surface area contributed by atoms with E-state index in [1.807, 2.05) is 6.07 Å². The number of nitrogens with one attached hydrogen (secondary N) is 2. The lowest BCUT2D eigenvalue weighted by molar-refractivity contribution is -0.140. The van der Waals surface area contributed by atoms with Crippen LogP contribution in [0.2, 0.25) is 0 Å². The number of carbonyl (C=O) groups excluding carboxylic acids is 2. The summed E-state index contributed by atoms with van der Waals surface area (Å²) in [5, 5.41) is 19.2. The van der Waals surface area contributed by atoms with Gasteiger partial charge in [0.25, 0.3) is 5.56 Å². The molecule has 0 saturated carbocycles. The van der Waals surface area contributed by atoms with Crippen molar-refractivity contribution in [2.45, 2.75) is 31.9 Å². The van der Waals surface area contributed by atoms with Gasteiger partial charge in [-0.3, -0.25) is 19.4 Å². The summed E-state index contributed by atoms with van der Waals surface area (Å²) in [6.45, 7) is 0.852. The predicted molar refractivity (Wildman–Crippen MR) is 100.0 cm³/mol. The number of aryl methyl sites for hydroxylation is 1. The number of H-pyrrole nitrogens is 1. The molecule has 1 aliphatic rings. The van der Waals surface area contributed by atoms with Crippen molar-refractivity contribution in [3.05, 3.63) is 58.3 Å². The highest BCUT2D eigenvalue weighted by Crippen LogP contribution is 2.19. The Morgan fingerprint density at radius 3 is 2.82 bits per heavy atom. The van der Waals surface area contributed by atoms with Gasteiger partial charge < -0.3 is 15.3 Å². The number of hydrogen-bond acceptors (Lipinski definition) is 6. The smallest absolute Gasteiger partial charge is 0.264 e. The second-order valence-corrected chi connectivity index (χ2v) is 6.75. The predicted octanol–water partition coefficient (Wildman–Crippen LogP) is -0.377. The minimum atomic E-state index is -0.784. The second-order valence-electron chi connectivity index (χ2n) is 6.75. The molecule has 0 bridgehead atoms. The summed E-state index contributed by atoms with van der Waals surface area (Å²) >= 11 is 0. The number of amides is 2. The van der Waals surface area contributed by atoms with E-state index >= 15 is 0 Å². The van der Waals surface area contributed by atoms with Crippen LogP contribution in [0.4, 0.5) is 0 Å². The highest BCUT2D eigenvalue weighted by molar-refractivity contribution is 5.82. The fraction of sp³-hybridized carbons (Fsp3) is 0.421. The van der Waals surface area contributed by atoms with Crippen LogP contribution in [0.15, 0.2) is 41.3 Å². The summed E-state index contributed by atoms with van der Waals surface area (Å²) in [7, 11) is 0. The standard InChI is InChI=1S/C19H23N5O4/c25-16-8-10-24(18(27)7-5-13-4-6-17(26)23-22-13)12-15(16)19(28)21-11-14-3-1-2-9-20-14/h1-4,6,9,15-16,25H,5,7-8,10-12H2,(H,21,28)(H,23,26)/t15-,16+/m0/s1. The zero-order valence-corrected chi connectivity index (χ0v) is 15.4. The van der Waals surface area contributed by atoms with Crippen molar-refractivity contribution >= 4 is 11.8 Å². The Morgan fingerprint density at radius 2 is 2.11 bits per heavy atom. The zero-order valence-electron chi connectivity index (χ0n) is 15.4. The summed E-state index contributed by atoms with van der Waals surface area (Å²) in [6, 6.07) is 8.38. The number of aliphatic hydroxyl groups is 1. The van der Waals surface area contributed by atoms with E-state index < -0.39 is 12.0 Å². The zero-order chi connectivity index (χ0) is 19.9. The fourth-order valence-electron chi connectivity index (χ4n) is 3.14. The Kier molecular flexibility index (Phi) is 6.49. The van der Waals surface area contributed by atoms with Gasteiger partial charge in [-0.25, -0.2) is 5.10 Å². The second kappa shape index (κ2) is 9.23. The van der Waals surface area contributed by atoms with Crippen LogP contribution in [0.3, 0.4) is 0 Å². The minimum Gasteiger partial charge on any atom is -0.392 e. The van der Waals surface area contributed by atoms with Gasteiger partial charge in [0.15, 0.2) is 0 Å². The Hall–Kier alpha value is -3.07. The molecule has 9 nitrogen and oxygen atoms in total. The third-order valence-corrected chi connectivity index (χ3v) is 4.77. The molecular weight excluding hydrogens is 362 g/mol. The average molecular weight is 385 g/mol. The van der Waals surface area contributed by atoms with E-state index in [4.69, 9.17) is 0 Å². The van der Waals surface area contributed by atoms with Crippen LogP contribution in [0.1, 0.15) is 24.2 Å². The van der Waals surface area contributed by atoms with E-state index in [9.17, 15) is 19.5 Å². The molecule has 0 radical (unpaired) electrons. The van der Waals surface area contributed by atoms with Crippen LogP contribution in [-0.4, -0.2) is 56.2 Å². The maximum absolute atomic E-state index is 12.5. The number of aromatic amines is 1. The number of pyridine rings is 1. The Morgan fingerprint density at radius 1 is 1.25 bits per heavy atom. The normalized spacial score (nSPS) is 19.2. The Balaban J connectivity index is 1.52. The lowest BCUT2D eigenvalue weighted by atomic mass is 9.93. The largest absolute Gasteiger partial charge is 0.392 e. The topological polar surface area (TPSA) is 128 Å². The molecule has 0 spiro atoms. The molecule has 148 valence electrons. The molecule has 28 heavy (non-hydrogen) atoms. The van der Waals surface area contributed by atoms with E-state index in [0.717, 1.165) is 5.69 Å². The van der Waals surface area contributed by atoms with Crippen molar-refractivity contribution < 1.29 is 14.7 Å². The quantitative estimate of drug-likeness (QED) is 0.622. The molecule has 2 atom stereocenters. The van der Waals surface area contributed by atoms with Crippen LogP contribution >= 0.6 is 0 Å². The lowest BCUT2D eigenvalue weighted by Crippen LogP contribution is -2.51. The lowest BCUT2D eigenvalue weighted by Gasteiger charge is -2.35. The van der Waals surface area contributed by atoms with Crippen LogP contribution < -0.4 is 10.9 Å². The van der Waals surface area contributed by atoms with Crippen molar-refractivity contribution in [1.82, 2.24) is 25.4 Å². The first-order valence-electron chi connectivity index (χ1n) is 9.21. The van der Waals surface area contributed by atoms with Gasteiger partial charge in [-0.15, -0.1) is 0 Å². The maximum Gasteiger partial charge on any atom is 0.264 e. The van der Waals surface area contributed by atoms with Gasteiger partial charge >= 0.3 is 0 Å². The average Bonchev–Trinajstić information content (AvgIpc) is 2.72. The van der Waals surface area contributed by atoms with Crippen LogP contribution in [0, 0.1) is 5.92 Å². The van der Waals surface area contributed by atoms with Crippen LogP contribution in [0.25, 0.3) is 0 Å². The third-order valence-electron chi connectivity index (χ3n) is 4.77. The summed E-state index contributed by atoms with van der Waals surface area (Å²) in [5.41, 5.74) is 1.05. The minimum absolute atomic E-state index is 0.109. The highest BCUT2D eigenvalue weighted by Gasteiger charge is 2.34. The molecule has 3 rings (SSSR count).